The van der Waals surface area contributed by atoms with Crippen molar-refractivity contribution in [2.24, 2.45) is 14.1 Å². The van der Waals surface area contributed by atoms with Gasteiger partial charge in [-0.25, -0.2) is 4.98 Å². The van der Waals surface area contributed by atoms with Crippen LogP contribution in [0.15, 0.2) is 12.3 Å². The molecule has 6 nitrogen and oxygen atoms in total. The van der Waals surface area contributed by atoms with Gasteiger partial charge in [0.05, 0.1) is 23.8 Å². The van der Waals surface area contributed by atoms with Crippen molar-refractivity contribution in [2.45, 2.75) is 32.2 Å². The molecule has 0 radical (unpaired) electrons. The fourth-order valence-corrected chi connectivity index (χ4v) is 2.87. The zero-order chi connectivity index (χ0) is 15.0. The number of halogens is 1. The summed E-state index contributed by atoms with van der Waals surface area (Å²) < 4.78 is 5.80. The number of hydrogen-bond donors (Lipinski definition) is 0. The van der Waals surface area contributed by atoms with Gasteiger partial charge in [0.15, 0.2) is 5.65 Å². The Kier molecular flexibility index (Phi) is 3.71. The van der Waals surface area contributed by atoms with E-state index in [2.05, 4.69) is 26.7 Å². The first kappa shape index (κ1) is 14.1. The third-order valence-electron chi connectivity index (χ3n) is 3.57. The minimum Gasteiger partial charge on any atom is -0.306 e. The number of rotatable bonds is 5. The third-order valence-corrected chi connectivity index (χ3v) is 3.80. The minimum absolute atomic E-state index is 0.382. The van der Waals surface area contributed by atoms with Gasteiger partial charge in [0.1, 0.15) is 11.3 Å². The zero-order valence-corrected chi connectivity index (χ0v) is 13.3. The molecule has 0 aliphatic carbocycles. The van der Waals surface area contributed by atoms with Gasteiger partial charge in [-0.05, 0) is 12.5 Å². The molecule has 0 aliphatic heterocycles. The maximum Gasteiger partial charge on any atom is 0.159 e. The maximum absolute atomic E-state index is 6.08. The fourth-order valence-electron chi connectivity index (χ4n) is 2.67. The SMILES string of the molecule is CCCc1nn(C)c2c1nc(CCl)n2Cc1ccn(C)n1. The van der Waals surface area contributed by atoms with Gasteiger partial charge in [-0.1, -0.05) is 13.3 Å². The van der Waals surface area contributed by atoms with Gasteiger partial charge in [0.2, 0.25) is 0 Å². The lowest BCUT2D eigenvalue weighted by Crippen LogP contribution is -2.08. The number of fused-ring (bicyclic) bond motifs is 1. The van der Waals surface area contributed by atoms with Crippen molar-refractivity contribution in [3.05, 3.63) is 29.5 Å². The van der Waals surface area contributed by atoms with E-state index >= 15 is 0 Å². The van der Waals surface area contributed by atoms with E-state index in [1.807, 2.05) is 31.0 Å². The number of aryl methyl sites for hydroxylation is 3. The molecular formula is C14H19ClN6. The summed E-state index contributed by atoms with van der Waals surface area (Å²) in [4.78, 5) is 4.69. The average Bonchev–Trinajstić information content (AvgIpc) is 3.09. The van der Waals surface area contributed by atoms with Crippen LogP contribution in [0.5, 0.6) is 0 Å². The number of hydrogen-bond acceptors (Lipinski definition) is 3. The van der Waals surface area contributed by atoms with Crippen LogP contribution in [0, 0.1) is 0 Å². The topological polar surface area (TPSA) is 53.5 Å². The first-order chi connectivity index (χ1) is 10.1. The van der Waals surface area contributed by atoms with E-state index < -0.39 is 0 Å². The van der Waals surface area contributed by atoms with Crippen molar-refractivity contribution >= 4 is 22.8 Å². The summed E-state index contributed by atoms with van der Waals surface area (Å²) in [7, 11) is 3.87. The molecule has 0 aliphatic rings. The molecule has 7 heteroatoms. The minimum atomic E-state index is 0.382. The van der Waals surface area contributed by atoms with E-state index in [4.69, 9.17) is 11.6 Å². The second-order valence-corrected chi connectivity index (χ2v) is 5.49. The molecule has 0 saturated heterocycles. The van der Waals surface area contributed by atoms with Gasteiger partial charge >= 0.3 is 0 Å². The molecule has 3 aromatic rings. The van der Waals surface area contributed by atoms with Crippen LogP contribution in [-0.4, -0.2) is 29.1 Å². The van der Waals surface area contributed by atoms with Gasteiger partial charge in [0.25, 0.3) is 0 Å². The zero-order valence-electron chi connectivity index (χ0n) is 12.5. The summed E-state index contributed by atoms with van der Waals surface area (Å²) in [6.45, 7) is 2.80. The largest absolute Gasteiger partial charge is 0.306 e. The van der Waals surface area contributed by atoms with Gasteiger partial charge in [0, 0.05) is 20.3 Å². The molecule has 0 spiro atoms. The monoisotopic (exact) mass is 306 g/mol. The highest BCUT2D eigenvalue weighted by atomic mass is 35.5. The van der Waals surface area contributed by atoms with Crippen molar-refractivity contribution in [3.63, 3.8) is 0 Å². The third kappa shape index (κ3) is 2.44. The summed E-state index contributed by atoms with van der Waals surface area (Å²) >= 11 is 6.08. The van der Waals surface area contributed by atoms with Crippen molar-refractivity contribution in [1.82, 2.24) is 29.1 Å². The smallest absolute Gasteiger partial charge is 0.159 e. The van der Waals surface area contributed by atoms with Crippen molar-refractivity contribution in [2.75, 3.05) is 0 Å². The lowest BCUT2D eigenvalue weighted by Gasteiger charge is -2.06. The molecule has 0 bridgehead atoms. The molecule has 0 atom stereocenters. The van der Waals surface area contributed by atoms with Gasteiger partial charge in [-0.3, -0.25) is 9.36 Å². The number of imidazole rings is 1. The fraction of sp³-hybridized carbons (Fsp3) is 0.500. The van der Waals surface area contributed by atoms with Crippen LogP contribution in [0.3, 0.4) is 0 Å². The predicted octanol–water partition coefficient (Wildman–Crippen LogP) is 2.24. The van der Waals surface area contributed by atoms with E-state index in [1.165, 1.54) is 0 Å². The van der Waals surface area contributed by atoms with Gasteiger partial charge in [-0.15, -0.1) is 11.6 Å². The second-order valence-electron chi connectivity index (χ2n) is 5.22. The Balaban J connectivity index is 2.11. The van der Waals surface area contributed by atoms with Crippen LogP contribution >= 0.6 is 11.6 Å². The second kappa shape index (κ2) is 5.52. The first-order valence-electron chi connectivity index (χ1n) is 7.09. The Morgan fingerprint density at radius 2 is 2.05 bits per heavy atom. The van der Waals surface area contributed by atoms with E-state index in [9.17, 15) is 0 Å². The molecule has 0 aromatic carbocycles. The molecule has 3 rings (SSSR count). The normalized spacial score (nSPS) is 11.6. The molecule has 112 valence electrons. The summed E-state index contributed by atoms with van der Waals surface area (Å²) in [6.07, 6.45) is 3.92. The quantitative estimate of drug-likeness (QED) is 0.679. The molecule has 3 heterocycles. The van der Waals surface area contributed by atoms with E-state index in [1.54, 1.807) is 4.68 Å². The van der Waals surface area contributed by atoms with Crippen molar-refractivity contribution in [3.8, 4) is 0 Å². The number of alkyl halides is 1. The van der Waals surface area contributed by atoms with Gasteiger partial charge < -0.3 is 4.57 Å². The maximum atomic E-state index is 6.08. The Labute approximate surface area is 128 Å². The Morgan fingerprint density at radius 1 is 1.24 bits per heavy atom. The molecule has 3 aromatic heterocycles. The molecule has 0 amide bonds. The van der Waals surface area contributed by atoms with Crippen LogP contribution in [0.1, 0.15) is 30.6 Å². The summed E-state index contributed by atoms with van der Waals surface area (Å²) in [5.74, 6) is 1.25. The van der Waals surface area contributed by atoms with Crippen LogP contribution in [0.2, 0.25) is 0 Å². The van der Waals surface area contributed by atoms with Crippen molar-refractivity contribution in [1.29, 1.82) is 0 Å². The lowest BCUT2D eigenvalue weighted by atomic mass is 10.2. The van der Waals surface area contributed by atoms with E-state index in [0.29, 0.717) is 12.4 Å². The highest BCUT2D eigenvalue weighted by Crippen LogP contribution is 2.22. The molecule has 0 N–H and O–H groups in total. The Hall–Kier alpha value is -1.82. The standard InChI is InChI=1S/C14H19ClN6/c1-4-5-11-13-14(20(3)18-11)21(12(8-15)16-13)9-10-6-7-19(2)17-10/h6-7H,4-5,8-9H2,1-3H3. The van der Waals surface area contributed by atoms with Crippen molar-refractivity contribution < 1.29 is 0 Å². The summed E-state index contributed by atoms with van der Waals surface area (Å²) in [5, 5.41) is 9.02. The molecule has 0 fully saturated rings. The van der Waals surface area contributed by atoms with E-state index in [-0.39, 0.29) is 0 Å². The van der Waals surface area contributed by atoms with Crippen LogP contribution in [0.25, 0.3) is 11.2 Å². The Morgan fingerprint density at radius 3 is 2.67 bits per heavy atom. The molecule has 0 unspecified atom stereocenters. The average molecular weight is 307 g/mol. The number of aromatic nitrogens is 6. The van der Waals surface area contributed by atoms with Crippen LogP contribution in [-0.2, 0) is 32.9 Å². The molecule has 21 heavy (non-hydrogen) atoms. The summed E-state index contributed by atoms with van der Waals surface area (Å²) in [6, 6.07) is 2.01. The van der Waals surface area contributed by atoms with Gasteiger partial charge in [-0.2, -0.15) is 10.2 Å². The predicted molar refractivity (Wildman–Crippen MR) is 82.4 cm³/mol. The highest BCUT2D eigenvalue weighted by Gasteiger charge is 2.19. The highest BCUT2D eigenvalue weighted by molar-refractivity contribution is 6.16. The molecular weight excluding hydrogens is 288 g/mol. The summed E-state index contributed by atoms with van der Waals surface area (Å²) in [5.41, 5.74) is 4.01. The Bertz CT molecular complexity index is 766. The lowest BCUT2D eigenvalue weighted by molar-refractivity contribution is 0.669. The first-order valence-corrected chi connectivity index (χ1v) is 7.63. The van der Waals surface area contributed by atoms with Crippen LogP contribution < -0.4 is 0 Å². The number of nitrogens with zero attached hydrogens (tertiary/aromatic N) is 6. The van der Waals surface area contributed by atoms with Crippen LogP contribution in [0.4, 0.5) is 0 Å². The molecule has 0 saturated carbocycles. The van der Waals surface area contributed by atoms with E-state index in [0.717, 1.165) is 41.2 Å².